The van der Waals surface area contributed by atoms with Crippen molar-refractivity contribution >= 4 is 42.9 Å². The zero-order valence-corrected chi connectivity index (χ0v) is 37.8. The van der Waals surface area contributed by atoms with Gasteiger partial charge in [-0.15, -0.1) is 21.5 Å². The summed E-state index contributed by atoms with van der Waals surface area (Å²) in [5.74, 6) is 0. The summed E-state index contributed by atoms with van der Waals surface area (Å²) in [4.78, 5) is 11.0. The van der Waals surface area contributed by atoms with Crippen molar-refractivity contribution in [3.63, 3.8) is 0 Å². The van der Waals surface area contributed by atoms with Gasteiger partial charge in [0, 0.05) is 64.0 Å². The highest BCUT2D eigenvalue weighted by Gasteiger charge is 2.34. The maximum absolute atomic E-state index is 5.54. The number of aromatic nitrogens is 3. The van der Waals surface area contributed by atoms with Crippen LogP contribution in [0.4, 0.5) is 11.4 Å². The molecule has 0 radical (unpaired) electrons. The number of hydrogen-bond donors (Lipinski definition) is 0. The summed E-state index contributed by atoms with van der Waals surface area (Å²) >= 11 is 1.82. The molecule has 14 rings (SSSR count). The summed E-state index contributed by atoms with van der Waals surface area (Å²) in [6.45, 7) is 0. The second-order valence-electron chi connectivity index (χ2n) is 17.5. The third-order valence-corrected chi connectivity index (χ3v) is 14.8. The molecule has 2 aliphatic rings. The van der Waals surface area contributed by atoms with Gasteiger partial charge in [0.15, 0.2) is 0 Å². The molecule has 12 aromatic rings. The summed E-state index contributed by atoms with van der Waals surface area (Å²) in [5.41, 5.74) is 17.7. The van der Waals surface area contributed by atoms with Gasteiger partial charge in [0.25, 0.3) is 0 Å². The Kier molecular flexibility index (Phi) is 9.00. The molecule has 0 saturated heterocycles. The Morgan fingerprint density at radius 3 is 1.70 bits per heavy atom. The highest BCUT2D eigenvalue weighted by molar-refractivity contribution is 7.26. The minimum Gasteiger partial charge on any atom is -0.248 e. The van der Waals surface area contributed by atoms with Gasteiger partial charge in [0.2, 0.25) is 0 Å². The van der Waals surface area contributed by atoms with Crippen molar-refractivity contribution in [1.29, 1.82) is 0 Å². The van der Waals surface area contributed by atoms with Gasteiger partial charge in [-0.3, -0.25) is 0 Å². The Morgan fingerprint density at radius 1 is 0.319 bits per heavy atom. The lowest BCUT2D eigenvalue weighted by Crippen LogP contribution is -2.06. The Balaban J connectivity index is 1.19. The lowest BCUT2D eigenvalue weighted by molar-refractivity contribution is 0.879. The van der Waals surface area contributed by atoms with Gasteiger partial charge < -0.3 is 0 Å². The number of fused-ring (bicyclic) bond motifs is 9. The van der Waals surface area contributed by atoms with Crippen molar-refractivity contribution in [3.8, 4) is 89.3 Å². The molecule has 0 bridgehead atoms. The molecule has 0 aliphatic carbocycles. The molecule has 2 aliphatic heterocycles. The Hall–Kier alpha value is -8.97. The number of nitrogens with zero attached hydrogens (tertiary/aromatic N) is 5. The van der Waals surface area contributed by atoms with Crippen LogP contribution in [0.15, 0.2) is 234 Å². The quantitative estimate of drug-likeness (QED) is 0.160. The monoisotopic (exact) mass is 895 g/mol. The zero-order valence-electron chi connectivity index (χ0n) is 37.0. The van der Waals surface area contributed by atoms with Crippen LogP contribution in [0.2, 0.25) is 0 Å². The average Bonchev–Trinajstić information content (AvgIpc) is 4.12. The van der Waals surface area contributed by atoms with E-state index in [4.69, 9.17) is 25.4 Å². The van der Waals surface area contributed by atoms with E-state index in [-0.39, 0.29) is 0 Å². The van der Waals surface area contributed by atoms with Crippen molar-refractivity contribution in [1.82, 2.24) is 15.4 Å². The highest BCUT2D eigenvalue weighted by atomic mass is 32.1. The summed E-state index contributed by atoms with van der Waals surface area (Å²) in [6.07, 6.45) is 0. The van der Waals surface area contributed by atoms with Crippen LogP contribution < -0.4 is 10.7 Å². The molecule has 0 atom stereocenters. The summed E-state index contributed by atoms with van der Waals surface area (Å²) < 4.78 is 2.45. The van der Waals surface area contributed by atoms with Crippen molar-refractivity contribution in [2.75, 3.05) is 0 Å². The van der Waals surface area contributed by atoms with Crippen molar-refractivity contribution in [2.24, 2.45) is 9.98 Å². The van der Waals surface area contributed by atoms with Gasteiger partial charge in [0.05, 0.1) is 22.1 Å². The Labute approximate surface area is 401 Å². The maximum Gasteiger partial charge on any atom is 0.106 e. The van der Waals surface area contributed by atoms with Crippen LogP contribution in [0.25, 0.3) is 109 Å². The van der Waals surface area contributed by atoms with Crippen molar-refractivity contribution in [2.45, 2.75) is 0 Å². The highest BCUT2D eigenvalue weighted by Crippen LogP contribution is 2.57. The number of thiophene rings is 1. The fraction of sp³-hybridized carbons (Fsp3) is 0. The topological polar surface area (TPSA) is 63.4 Å². The van der Waals surface area contributed by atoms with Gasteiger partial charge >= 0.3 is 0 Å². The van der Waals surface area contributed by atoms with Crippen LogP contribution in [0, 0.1) is 10.4 Å². The SMILES string of the molecule is c1ccc(-c2ccccc2-c2ccccc2-c2c(-c3ccccc3)nnnc2-c2c3c(cc(-c4ccccc4)c2-c2cccc4sc5ccccc5c24)N=c2ccc4c(c2-3)N=c2ccccc2=4)cc1. The first-order valence-electron chi connectivity index (χ1n) is 23.2. The molecule has 0 unspecified atom stereocenters. The molecule has 10 aromatic carbocycles. The minimum absolute atomic E-state index is 0.713. The molecule has 2 aromatic heterocycles. The van der Waals surface area contributed by atoms with Gasteiger partial charge in [-0.1, -0.05) is 188 Å². The van der Waals surface area contributed by atoms with Gasteiger partial charge in [-0.25, -0.2) is 9.98 Å². The van der Waals surface area contributed by atoms with Gasteiger partial charge in [-0.05, 0) is 86.1 Å². The average molecular weight is 896 g/mol. The van der Waals surface area contributed by atoms with Crippen LogP contribution in [0.5, 0.6) is 0 Å². The van der Waals surface area contributed by atoms with E-state index < -0.39 is 0 Å². The maximum atomic E-state index is 5.54. The molecule has 69 heavy (non-hydrogen) atoms. The number of para-hydroxylation sites is 1. The van der Waals surface area contributed by atoms with Crippen LogP contribution in [-0.2, 0) is 0 Å². The molecule has 0 spiro atoms. The smallest absolute Gasteiger partial charge is 0.106 e. The second kappa shape index (κ2) is 15.8. The molecular weight excluding hydrogens is 859 g/mol. The predicted molar refractivity (Wildman–Crippen MR) is 282 cm³/mol. The Bertz CT molecular complexity index is 4300. The first-order valence-corrected chi connectivity index (χ1v) is 24.0. The van der Waals surface area contributed by atoms with Crippen LogP contribution in [-0.4, -0.2) is 15.4 Å². The summed E-state index contributed by atoms with van der Waals surface area (Å²) in [7, 11) is 0. The normalized spacial score (nSPS) is 12.0. The minimum atomic E-state index is 0.713. The molecule has 0 amide bonds. The lowest BCUT2D eigenvalue weighted by Gasteiger charge is -2.24. The van der Waals surface area contributed by atoms with E-state index in [1.807, 2.05) is 17.4 Å². The van der Waals surface area contributed by atoms with E-state index in [0.29, 0.717) is 5.69 Å². The first-order chi connectivity index (χ1) is 34.3. The van der Waals surface area contributed by atoms with Crippen molar-refractivity contribution in [3.05, 3.63) is 246 Å². The largest absolute Gasteiger partial charge is 0.248 e. The molecule has 0 N–H and O–H groups in total. The van der Waals surface area contributed by atoms with Gasteiger partial charge in [0.1, 0.15) is 11.4 Å². The van der Waals surface area contributed by atoms with E-state index in [1.54, 1.807) is 0 Å². The predicted octanol–water partition coefficient (Wildman–Crippen LogP) is 15.4. The first kappa shape index (κ1) is 39.2. The van der Waals surface area contributed by atoms with Gasteiger partial charge in [-0.2, -0.15) is 0 Å². The van der Waals surface area contributed by atoms with E-state index in [2.05, 4.69) is 218 Å². The van der Waals surface area contributed by atoms with Crippen LogP contribution >= 0.6 is 11.3 Å². The van der Waals surface area contributed by atoms with E-state index in [9.17, 15) is 0 Å². The molecule has 4 heterocycles. The van der Waals surface area contributed by atoms with Crippen LogP contribution in [0.1, 0.15) is 0 Å². The standard InChI is InChI=1S/C63H37N5S/c1-4-19-38(20-5-1)41-25-10-11-26-42(41)43-27-12-13-29-45(43)57-61(40-23-8-3-9-24-40)66-68-67-63(57)60-56(48-31-18-34-54-55(48)47-30-15-17-33-53(47)69-54)49(39-21-6-2-7-22-39)37-52-58(60)59-51(64-52)36-35-46-44-28-14-16-32-50(44)65-62(46)59/h1-37H. The number of rotatable bonds is 7. The fourth-order valence-electron chi connectivity index (χ4n) is 10.7. The summed E-state index contributed by atoms with van der Waals surface area (Å²) in [6, 6.07) is 79.7. The third kappa shape index (κ3) is 6.20. The molecule has 320 valence electrons. The number of benzene rings is 10. The summed E-state index contributed by atoms with van der Waals surface area (Å²) in [5, 5.41) is 21.6. The van der Waals surface area contributed by atoms with E-state index in [0.717, 1.165) is 116 Å². The molecule has 0 saturated carbocycles. The van der Waals surface area contributed by atoms with E-state index >= 15 is 0 Å². The Morgan fingerprint density at radius 2 is 0.913 bits per heavy atom. The van der Waals surface area contributed by atoms with Crippen molar-refractivity contribution < 1.29 is 0 Å². The zero-order chi connectivity index (χ0) is 45.4. The molecule has 0 fully saturated rings. The molecule has 5 nitrogen and oxygen atoms in total. The molecule has 6 heteroatoms. The second-order valence-corrected chi connectivity index (χ2v) is 18.6. The third-order valence-electron chi connectivity index (χ3n) is 13.7. The van der Waals surface area contributed by atoms with E-state index in [1.165, 1.54) is 20.2 Å². The fourth-order valence-corrected chi connectivity index (χ4v) is 11.9. The lowest BCUT2D eigenvalue weighted by atomic mass is 9.79. The number of hydrogen-bond acceptors (Lipinski definition) is 6. The molecular formula is C63H37N5S. The van der Waals surface area contributed by atoms with Crippen LogP contribution in [0.3, 0.4) is 0 Å².